The minimum absolute atomic E-state index is 0.000273. The third-order valence-corrected chi connectivity index (χ3v) is 6.79. The van der Waals surface area contributed by atoms with Gasteiger partial charge in [0.2, 0.25) is 5.91 Å². The lowest BCUT2D eigenvalue weighted by Gasteiger charge is -2.24. The normalized spacial score (nSPS) is 11.6. The molecule has 10 nitrogen and oxygen atoms in total. The molecule has 0 fully saturated rings. The van der Waals surface area contributed by atoms with Crippen LogP contribution in [0.3, 0.4) is 0 Å². The highest BCUT2D eigenvalue weighted by Crippen LogP contribution is 2.37. The first-order chi connectivity index (χ1) is 20.2. The number of nitrogens with one attached hydrogen (secondary N) is 3. The highest BCUT2D eigenvalue weighted by atomic mass is 32.1. The van der Waals surface area contributed by atoms with Gasteiger partial charge >= 0.3 is 0 Å². The molecule has 0 aromatic heterocycles. The Morgan fingerprint density at radius 2 is 1.76 bits per heavy atom. The van der Waals surface area contributed by atoms with Crippen LogP contribution in [-0.2, 0) is 20.9 Å². The zero-order chi connectivity index (χ0) is 30.2. The second-order valence-corrected chi connectivity index (χ2v) is 9.92. The standard InChI is InChI=1S/C31H31N3O7S/c1-18-3-6-23-26(11-18)41-27-12-19(14-32-2)4-7-24(27)29(23)25-13-20(5-8-22(25)31(38)39)30(42)34-10-9-33-28(37)17-40-16-21(36)15-35/h3-8,11-13,32,35H,1,9-10,14-17H2,2H3,(H,33,37)(H,34,42)(H,38,39)/p-1. The molecule has 4 N–H and O–H groups in total. The lowest BCUT2D eigenvalue weighted by atomic mass is 9.88. The van der Waals surface area contributed by atoms with E-state index in [-0.39, 0.29) is 31.9 Å². The molecule has 3 aromatic rings. The number of carboxylic acids is 1. The van der Waals surface area contributed by atoms with Gasteiger partial charge in [-0.1, -0.05) is 55.2 Å². The van der Waals surface area contributed by atoms with Gasteiger partial charge in [-0.15, -0.1) is 0 Å². The fraction of sp³-hybridized carbons (Fsp3) is 0.226. The lowest BCUT2D eigenvalue weighted by Crippen LogP contribution is -2.36. The topological polar surface area (TPSA) is 149 Å². The SMILES string of the molecule is C=c1ccc2c(c1)Oc1cc(CNC)ccc1C=2c1cc(C(=S)NCCNC(=O)COCC(=O)CO)ccc1C(=O)[O-]. The van der Waals surface area contributed by atoms with Crippen LogP contribution in [0, 0.1) is 0 Å². The number of aliphatic hydroxyl groups excluding tert-OH is 1. The van der Waals surface area contributed by atoms with Crippen molar-refractivity contribution >= 4 is 47.0 Å². The number of aliphatic hydroxyl groups is 1. The van der Waals surface area contributed by atoms with Crippen LogP contribution in [0.1, 0.15) is 32.6 Å². The Balaban J connectivity index is 1.61. The molecule has 0 spiro atoms. The fourth-order valence-corrected chi connectivity index (χ4v) is 4.72. The summed E-state index contributed by atoms with van der Waals surface area (Å²) in [5.41, 5.74) is 3.39. The number of fused-ring (bicyclic) bond motifs is 2. The largest absolute Gasteiger partial charge is 0.545 e. The van der Waals surface area contributed by atoms with Crippen molar-refractivity contribution in [3.05, 3.63) is 92.9 Å². The molecule has 3 aromatic carbocycles. The van der Waals surface area contributed by atoms with Crippen LogP contribution in [0.4, 0.5) is 0 Å². The highest BCUT2D eigenvalue weighted by Gasteiger charge is 2.23. The first kappa shape index (κ1) is 30.5. The van der Waals surface area contributed by atoms with E-state index >= 15 is 0 Å². The molecule has 0 bridgehead atoms. The van der Waals surface area contributed by atoms with Crippen molar-refractivity contribution in [1.82, 2.24) is 16.0 Å². The van der Waals surface area contributed by atoms with Crippen molar-refractivity contribution in [2.45, 2.75) is 6.54 Å². The van der Waals surface area contributed by atoms with Gasteiger partial charge in [0.05, 0.1) is 5.97 Å². The summed E-state index contributed by atoms with van der Waals surface area (Å²) in [4.78, 5) is 35.5. The summed E-state index contributed by atoms with van der Waals surface area (Å²) in [6, 6.07) is 16.1. The third kappa shape index (κ3) is 7.25. The van der Waals surface area contributed by atoms with Gasteiger partial charge in [-0.2, -0.15) is 0 Å². The quantitative estimate of drug-likeness (QED) is 0.119. The van der Waals surface area contributed by atoms with E-state index in [1.807, 2.05) is 43.4 Å². The van der Waals surface area contributed by atoms with Crippen LogP contribution < -0.4 is 36.2 Å². The molecule has 42 heavy (non-hydrogen) atoms. The average Bonchev–Trinajstić information content (AvgIpc) is 2.97. The molecule has 0 aliphatic carbocycles. The maximum Gasteiger partial charge on any atom is 0.246 e. The van der Waals surface area contributed by atoms with Gasteiger partial charge in [0.1, 0.15) is 36.3 Å². The van der Waals surface area contributed by atoms with Crippen molar-refractivity contribution in [3.63, 3.8) is 0 Å². The van der Waals surface area contributed by atoms with Gasteiger partial charge in [0.25, 0.3) is 0 Å². The number of thiocarbonyl (C=S) groups is 1. The predicted molar refractivity (Wildman–Crippen MR) is 159 cm³/mol. The summed E-state index contributed by atoms with van der Waals surface area (Å²) in [5, 5.41) is 31.2. The average molecular weight is 589 g/mol. The number of carboxylic acid groups (broad SMARTS) is 1. The number of amides is 1. The van der Waals surface area contributed by atoms with E-state index in [1.54, 1.807) is 12.1 Å². The summed E-state index contributed by atoms with van der Waals surface area (Å²) in [6.07, 6.45) is 0. The number of benzene rings is 3. The van der Waals surface area contributed by atoms with Crippen molar-refractivity contribution in [3.8, 4) is 11.5 Å². The number of carbonyl (C=O) groups is 3. The molecule has 0 saturated heterocycles. The Hall–Kier alpha value is -4.42. The Kier molecular flexibility index (Phi) is 10.2. The number of carbonyl (C=O) groups excluding carboxylic acids is 3. The monoisotopic (exact) mass is 588 g/mol. The Bertz CT molecular complexity index is 1650. The van der Waals surface area contributed by atoms with Gasteiger partial charge in [0, 0.05) is 47.1 Å². The third-order valence-electron chi connectivity index (χ3n) is 6.41. The number of ketones is 1. The van der Waals surface area contributed by atoms with Crippen molar-refractivity contribution < 1.29 is 34.1 Å². The van der Waals surface area contributed by atoms with E-state index in [9.17, 15) is 19.5 Å². The number of aromatic carboxylic acids is 1. The molecule has 0 atom stereocenters. The highest BCUT2D eigenvalue weighted by molar-refractivity contribution is 7.80. The van der Waals surface area contributed by atoms with Crippen molar-refractivity contribution in [2.24, 2.45) is 0 Å². The van der Waals surface area contributed by atoms with E-state index < -0.39 is 24.3 Å². The minimum Gasteiger partial charge on any atom is -0.545 e. The van der Waals surface area contributed by atoms with Crippen molar-refractivity contribution in [2.75, 3.05) is 40.0 Å². The Morgan fingerprint density at radius 3 is 2.50 bits per heavy atom. The Labute approximate surface area is 247 Å². The predicted octanol–water partition coefficient (Wildman–Crippen LogP) is -0.508. The number of hydrogen-bond acceptors (Lipinski definition) is 9. The summed E-state index contributed by atoms with van der Waals surface area (Å²) in [6.45, 7) is 3.83. The van der Waals surface area contributed by atoms with Gasteiger partial charge in [-0.25, -0.2) is 0 Å². The second-order valence-electron chi connectivity index (χ2n) is 9.51. The Morgan fingerprint density at radius 1 is 0.976 bits per heavy atom. The van der Waals surface area contributed by atoms with Gasteiger partial charge in [0.15, 0.2) is 5.78 Å². The van der Waals surface area contributed by atoms with Crippen LogP contribution in [-0.4, -0.2) is 67.7 Å². The van der Waals surface area contributed by atoms with Gasteiger partial charge in [-0.3, -0.25) is 9.59 Å². The number of ether oxygens (including phenoxy) is 2. The molecule has 11 heteroatoms. The van der Waals surface area contributed by atoms with E-state index in [0.717, 1.165) is 16.3 Å². The number of rotatable bonds is 13. The summed E-state index contributed by atoms with van der Waals surface area (Å²) in [5.74, 6) is -1.13. The zero-order valence-electron chi connectivity index (χ0n) is 23.0. The first-order valence-corrected chi connectivity index (χ1v) is 13.5. The molecule has 0 radical (unpaired) electrons. The van der Waals surface area contributed by atoms with Crippen LogP contribution in [0.25, 0.3) is 12.2 Å². The van der Waals surface area contributed by atoms with E-state index in [0.29, 0.717) is 45.0 Å². The smallest absolute Gasteiger partial charge is 0.246 e. The zero-order valence-corrected chi connectivity index (χ0v) is 23.8. The van der Waals surface area contributed by atoms with E-state index in [1.165, 1.54) is 6.07 Å². The summed E-state index contributed by atoms with van der Waals surface area (Å²) >= 11 is 5.58. The number of hydrogen-bond donors (Lipinski definition) is 4. The molecule has 0 unspecified atom stereocenters. The van der Waals surface area contributed by atoms with Crippen LogP contribution >= 0.6 is 12.2 Å². The summed E-state index contributed by atoms with van der Waals surface area (Å²) < 4.78 is 11.2. The maximum atomic E-state index is 12.3. The van der Waals surface area contributed by atoms with Gasteiger partial charge in [-0.05, 0) is 41.6 Å². The maximum absolute atomic E-state index is 12.3. The number of Topliss-reactive ketones (excluding diaryl/α,β-unsaturated/α-hetero) is 1. The minimum atomic E-state index is -1.33. The van der Waals surface area contributed by atoms with Crippen LogP contribution in [0.2, 0.25) is 0 Å². The molecule has 1 aliphatic rings. The van der Waals surface area contributed by atoms with Crippen LogP contribution in [0.15, 0.2) is 54.6 Å². The molecule has 4 rings (SSSR count). The summed E-state index contributed by atoms with van der Waals surface area (Å²) in [7, 11) is 1.85. The molecular weight excluding hydrogens is 558 g/mol. The lowest BCUT2D eigenvalue weighted by molar-refractivity contribution is -0.255. The van der Waals surface area contributed by atoms with Crippen molar-refractivity contribution in [1.29, 1.82) is 0 Å². The van der Waals surface area contributed by atoms with E-state index in [4.69, 9.17) is 26.8 Å². The molecule has 218 valence electrons. The fourth-order valence-electron chi connectivity index (χ4n) is 4.49. The first-order valence-electron chi connectivity index (χ1n) is 13.1. The van der Waals surface area contributed by atoms with E-state index in [2.05, 4.69) is 22.5 Å². The van der Waals surface area contributed by atoms with Crippen LogP contribution in [0.5, 0.6) is 11.5 Å². The molecule has 1 aliphatic heterocycles. The van der Waals surface area contributed by atoms with Gasteiger partial charge < -0.3 is 40.4 Å². The molecule has 1 amide bonds. The molecule has 1 heterocycles. The molecular formula is C31H30N3O7S-. The second kappa shape index (κ2) is 14.0. The molecule has 0 saturated carbocycles.